The molecule has 2 aromatic heterocycles. The number of H-pyrrole nitrogens is 1. The largest absolute Gasteiger partial charge is 0.445 e. The number of nitrogens with zero attached hydrogens (tertiary/aromatic N) is 3. The van der Waals surface area contributed by atoms with Crippen molar-refractivity contribution in [3.63, 3.8) is 0 Å². The molecule has 0 bridgehead atoms. The second-order valence-electron chi connectivity index (χ2n) is 6.59. The number of anilines is 1. The number of amides is 1. The van der Waals surface area contributed by atoms with Gasteiger partial charge >= 0.3 is 6.09 Å². The number of benzene rings is 1. The summed E-state index contributed by atoms with van der Waals surface area (Å²) in [6, 6.07) is 11.5. The SMILES string of the molecule is Nc1cnc2nc([C@@H]3CCCN(C(=O)OCc4ccccc4)C3)[nH]c2c1. The van der Waals surface area contributed by atoms with Crippen molar-refractivity contribution in [3.8, 4) is 0 Å². The molecule has 0 saturated carbocycles. The summed E-state index contributed by atoms with van der Waals surface area (Å²) in [5.41, 5.74) is 8.83. The molecule has 0 spiro atoms. The fraction of sp³-hybridized carbons (Fsp3) is 0.316. The van der Waals surface area contributed by atoms with Gasteiger partial charge < -0.3 is 20.4 Å². The van der Waals surface area contributed by atoms with E-state index in [-0.39, 0.29) is 18.6 Å². The van der Waals surface area contributed by atoms with Gasteiger partial charge in [-0.25, -0.2) is 14.8 Å². The van der Waals surface area contributed by atoms with Crippen molar-refractivity contribution in [3.05, 3.63) is 54.0 Å². The molecule has 1 saturated heterocycles. The first-order chi connectivity index (χ1) is 12.7. The number of hydrogen-bond donors (Lipinski definition) is 2. The molecule has 1 amide bonds. The maximum atomic E-state index is 12.4. The molecule has 3 heterocycles. The molecule has 3 aromatic rings. The quantitative estimate of drug-likeness (QED) is 0.756. The fourth-order valence-corrected chi connectivity index (χ4v) is 3.30. The maximum Gasteiger partial charge on any atom is 0.410 e. The van der Waals surface area contributed by atoms with E-state index >= 15 is 0 Å². The molecule has 7 heteroatoms. The van der Waals surface area contributed by atoms with Crippen LogP contribution in [0.15, 0.2) is 42.6 Å². The van der Waals surface area contributed by atoms with Crippen molar-refractivity contribution in [1.29, 1.82) is 0 Å². The standard InChI is InChI=1S/C19H21N5O2/c20-15-9-16-18(21-10-15)23-17(22-16)14-7-4-8-24(11-14)19(25)26-12-13-5-2-1-3-6-13/h1-3,5-6,9-10,14H,4,7-8,11-12,20H2,(H,21,22,23)/t14-/m1/s1. The topological polar surface area (TPSA) is 97.1 Å². The fourth-order valence-electron chi connectivity index (χ4n) is 3.30. The van der Waals surface area contributed by atoms with Crippen LogP contribution in [0.5, 0.6) is 0 Å². The third kappa shape index (κ3) is 3.46. The van der Waals surface area contributed by atoms with Gasteiger partial charge in [-0.2, -0.15) is 0 Å². The maximum absolute atomic E-state index is 12.4. The number of pyridine rings is 1. The third-order valence-electron chi connectivity index (χ3n) is 4.65. The second kappa shape index (κ2) is 7.03. The molecule has 134 valence electrons. The lowest BCUT2D eigenvalue weighted by Gasteiger charge is -2.31. The molecular weight excluding hydrogens is 330 g/mol. The van der Waals surface area contributed by atoms with Crippen molar-refractivity contribution in [2.75, 3.05) is 18.8 Å². The highest BCUT2D eigenvalue weighted by Crippen LogP contribution is 2.27. The Morgan fingerprint density at radius 1 is 1.35 bits per heavy atom. The molecular formula is C19H21N5O2. The lowest BCUT2D eigenvalue weighted by molar-refractivity contribution is 0.0854. The number of carbonyl (C=O) groups excluding carboxylic acids is 1. The molecule has 0 radical (unpaired) electrons. The Morgan fingerprint density at radius 2 is 2.19 bits per heavy atom. The van der Waals surface area contributed by atoms with Crippen LogP contribution in [0.2, 0.25) is 0 Å². The van der Waals surface area contributed by atoms with Crippen LogP contribution in [0.1, 0.15) is 30.1 Å². The number of hydrogen-bond acceptors (Lipinski definition) is 5. The van der Waals surface area contributed by atoms with Crippen molar-refractivity contribution >= 4 is 22.9 Å². The highest BCUT2D eigenvalue weighted by molar-refractivity contribution is 5.74. The summed E-state index contributed by atoms with van der Waals surface area (Å²) in [6.45, 7) is 1.58. The number of fused-ring (bicyclic) bond motifs is 1. The van der Waals surface area contributed by atoms with Gasteiger partial charge in [-0.05, 0) is 24.5 Å². The van der Waals surface area contributed by atoms with Gasteiger partial charge in [0.1, 0.15) is 12.4 Å². The van der Waals surface area contributed by atoms with Gasteiger partial charge in [0.2, 0.25) is 0 Å². The number of carbonyl (C=O) groups is 1. The number of nitrogen functional groups attached to an aromatic ring is 1. The van der Waals surface area contributed by atoms with Crippen molar-refractivity contribution < 1.29 is 9.53 Å². The van der Waals surface area contributed by atoms with Crippen LogP contribution in [0.25, 0.3) is 11.2 Å². The number of rotatable bonds is 3. The number of nitrogens with one attached hydrogen (secondary N) is 1. The molecule has 26 heavy (non-hydrogen) atoms. The Hall–Kier alpha value is -3.09. The number of aromatic nitrogens is 3. The Bertz CT molecular complexity index is 909. The lowest BCUT2D eigenvalue weighted by atomic mass is 9.98. The summed E-state index contributed by atoms with van der Waals surface area (Å²) in [7, 11) is 0. The second-order valence-corrected chi connectivity index (χ2v) is 6.59. The average molecular weight is 351 g/mol. The monoisotopic (exact) mass is 351 g/mol. The third-order valence-corrected chi connectivity index (χ3v) is 4.65. The Morgan fingerprint density at radius 3 is 3.04 bits per heavy atom. The van der Waals surface area contributed by atoms with Gasteiger partial charge in [0, 0.05) is 19.0 Å². The van der Waals surface area contributed by atoms with Crippen LogP contribution < -0.4 is 5.73 Å². The zero-order valence-corrected chi connectivity index (χ0v) is 14.4. The highest BCUT2D eigenvalue weighted by Gasteiger charge is 2.27. The molecule has 0 unspecified atom stereocenters. The summed E-state index contributed by atoms with van der Waals surface area (Å²) in [6.07, 6.45) is 3.20. The van der Waals surface area contributed by atoms with Crippen molar-refractivity contribution in [1.82, 2.24) is 19.9 Å². The number of likely N-dealkylation sites (tertiary alicyclic amines) is 1. The minimum absolute atomic E-state index is 0.142. The van der Waals surface area contributed by atoms with E-state index in [9.17, 15) is 4.79 Å². The predicted octanol–water partition coefficient (Wildman–Crippen LogP) is 3.06. The summed E-state index contributed by atoms with van der Waals surface area (Å²) >= 11 is 0. The minimum atomic E-state index is -0.281. The number of ether oxygens (including phenoxy) is 1. The summed E-state index contributed by atoms with van der Waals surface area (Å²) in [5.74, 6) is 0.988. The van der Waals surface area contributed by atoms with Crippen molar-refractivity contribution in [2.45, 2.75) is 25.4 Å². The Balaban J connectivity index is 1.42. The van der Waals surface area contributed by atoms with E-state index in [1.54, 1.807) is 11.1 Å². The first-order valence-electron chi connectivity index (χ1n) is 8.76. The van der Waals surface area contributed by atoms with Crippen LogP contribution in [-0.4, -0.2) is 39.0 Å². The minimum Gasteiger partial charge on any atom is -0.445 e. The number of piperidine rings is 1. The molecule has 1 atom stereocenters. The van der Waals surface area contributed by atoms with Crippen LogP contribution in [0.3, 0.4) is 0 Å². The summed E-state index contributed by atoms with van der Waals surface area (Å²) in [5, 5.41) is 0. The molecule has 0 aliphatic carbocycles. The molecule has 1 fully saturated rings. The number of aromatic amines is 1. The molecule has 4 rings (SSSR count). The zero-order valence-electron chi connectivity index (χ0n) is 14.4. The molecule has 1 aliphatic rings. The van der Waals surface area contributed by atoms with Crippen LogP contribution in [0.4, 0.5) is 10.5 Å². The lowest BCUT2D eigenvalue weighted by Crippen LogP contribution is -2.39. The smallest absolute Gasteiger partial charge is 0.410 e. The van der Waals surface area contributed by atoms with Gasteiger partial charge in [0.25, 0.3) is 0 Å². The summed E-state index contributed by atoms with van der Waals surface area (Å²) in [4.78, 5) is 26.3. The average Bonchev–Trinajstić information content (AvgIpc) is 3.10. The van der Waals surface area contributed by atoms with Gasteiger partial charge in [0.15, 0.2) is 5.65 Å². The molecule has 3 N–H and O–H groups in total. The molecule has 7 nitrogen and oxygen atoms in total. The number of imidazole rings is 1. The first-order valence-corrected chi connectivity index (χ1v) is 8.76. The first kappa shape index (κ1) is 16.4. The van der Waals surface area contributed by atoms with E-state index in [0.717, 1.165) is 29.7 Å². The van der Waals surface area contributed by atoms with E-state index in [4.69, 9.17) is 10.5 Å². The summed E-state index contributed by atoms with van der Waals surface area (Å²) < 4.78 is 5.45. The van der Waals surface area contributed by atoms with E-state index in [0.29, 0.717) is 24.4 Å². The van der Waals surface area contributed by atoms with E-state index < -0.39 is 0 Å². The highest BCUT2D eigenvalue weighted by atomic mass is 16.6. The van der Waals surface area contributed by atoms with E-state index in [1.807, 2.05) is 36.4 Å². The van der Waals surface area contributed by atoms with Crippen molar-refractivity contribution in [2.24, 2.45) is 0 Å². The van der Waals surface area contributed by atoms with Gasteiger partial charge in [-0.3, -0.25) is 0 Å². The predicted molar refractivity (Wildman–Crippen MR) is 98.5 cm³/mol. The van der Waals surface area contributed by atoms with E-state index in [1.165, 1.54) is 0 Å². The number of nitrogens with two attached hydrogens (primary N) is 1. The van der Waals surface area contributed by atoms with Gasteiger partial charge in [-0.15, -0.1) is 0 Å². The van der Waals surface area contributed by atoms with Crippen LogP contribution >= 0.6 is 0 Å². The van der Waals surface area contributed by atoms with Gasteiger partial charge in [0.05, 0.1) is 17.4 Å². The Labute approximate surface area is 151 Å². The molecule has 1 aromatic carbocycles. The van der Waals surface area contributed by atoms with Gasteiger partial charge in [-0.1, -0.05) is 30.3 Å². The Kier molecular flexibility index (Phi) is 4.43. The zero-order chi connectivity index (χ0) is 17.9. The van der Waals surface area contributed by atoms with Crippen LogP contribution in [0, 0.1) is 0 Å². The normalized spacial score (nSPS) is 17.4. The van der Waals surface area contributed by atoms with Crippen LogP contribution in [-0.2, 0) is 11.3 Å². The van der Waals surface area contributed by atoms with E-state index in [2.05, 4.69) is 15.0 Å². The molecule has 1 aliphatic heterocycles.